The molecular weight excluding hydrogens is 436 g/mol. The second-order valence-corrected chi connectivity index (χ2v) is 8.66. The van der Waals surface area contributed by atoms with Crippen molar-refractivity contribution < 1.29 is 28.6 Å². The van der Waals surface area contributed by atoms with Gasteiger partial charge in [0.1, 0.15) is 0 Å². The van der Waals surface area contributed by atoms with E-state index in [0.717, 1.165) is 11.1 Å². The third-order valence-corrected chi connectivity index (χ3v) is 5.71. The lowest BCUT2D eigenvalue weighted by atomic mass is 10.0. The molecule has 0 bridgehead atoms. The Balaban J connectivity index is 1.74. The number of esters is 1. The molecule has 1 N–H and O–H groups in total. The van der Waals surface area contributed by atoms with Crippen LogP contribution in [0.15, 0.2) is 42.5 Å². The molecular formula is C26H32N2O6. The van der Waals surface area contributed by atoms with E-state index >= 15 is 0 Å². The molecule has 0 radical (unpaired) electrons. The molecule has 1 aliphatic rings. The second kappa shape index (κ2) is 11.0. The van der Waals surface area contributed by atoms with Crippen LogP contribution in [0.3, 0.4) is 0 Å². The van der Waals surface area contributed by atoms with Gasteiger partial charge in [-0.05, 0) is 38.5 Å². The van der Waals surface area contributed by atoms with Crippen molar-refractivity contribution in [3.8, 4) is 11.5 Å². The van der Waals surface area contributed by atoms with Gasteiger partial charge in [0.25, 0.3) is 0 Å². The number of nitrogens with zero attached hydrogens (tertiary/aromatic N) is 1. The Morgan fingerprint density at radius 2 is 1.74 bits per heavy atom. The van der Waals surface area contributed by atoms with Gasteiger partial charge in [0, 0.05) is 24.7 Å². The summed E-state index contributed by atoms with van der Waals surface area (Å²) in [4.78, 5) is 39.8. The molecule has 0 aliphatic carbocycles. The number of carbonyl (C=O) groups excluding carboxylic acids is 3. The van der Waals surface area contributed by atoms with Crippen LogP contribution >= 0.6 is 0 Å². The third-order valence-electron chi connectivity index (χ3n) is 5.71. The van der Waals surface area contributed by atoms with Crippen molar-refractivity contribution in [1.82, 2.24) is 5.32 Å². The highest BCUT2D eigenvalue weighted by Crippen LogP contribution is 2.34. The third kappa shape index (κ3) is 6.07. The van der Waals surface area contributed by atoms with Gasteiger partial charge >= 0.3 is 5.97 Å². The van der Waals surface area contributed by atoms with E-state index in [2.05, 4.69) is 5.32 Å². The van der Waals surface area contributed by atoms with Crippen LogP contribution in [0, 0.1) is 12.8 Å². The van der Waals surface area contributed by atoms with E-state index in [0.29, 0.717) is 17.2 Å². The number of methoxy groups -OCH3 is 2. The monoisotopic (exact) mass is 468 g/mol. The lowest BCUT2D eigenvalue weighted by Crippen LogP contribution is -2.36. The Hall–Kier alpha value is -3.55. The topological polar surface area (TPSA) is 94.2 Å². The first-order valence-electron chi connectivity index (χ1n) is 11.3. The summed E-state index contributed by atoms with van der Waals surface area (Å²) in [6.07, 6.45) is -0.158. The fourth-order valence-corrected chi connectivity index (χ4v) is 3.94. The van der Waals surface area contributed by atoms with Crippen molar-refractivity contribution in [3.63, 3.8) is 0 Å². The zero-order chi connectivity index (χ0) is 24.8. The number of hydrogen-bond donors (Lipinski definition) is 1. The summed E-state index contributed by atoms with van der Waals surface area (Å²) in [6.45, 7) is 5.77. The molecule has 0 spiro atoms. The van der Waals surface area contributed by atoms with E-state index < -0.39 is 17.9 Å². The number of anilines is 1. The SMILES string of the molecule is COc1ccc(N2CC(C(=O)NC(CC(=O)OC(C)C)c3ccc(C)cc3)CC2=O)cc1OC. The first-order chi connectivity index (χ1) is 16.2. The predicted octanol–water partition coefficient (Wildman–Crippen LogP) is 3.56. The van der Waals surface area contributed by atoms with E-state index in [1.54, 1.807) is 44.1 Å². The zero-order valence-electron chi connectivity index (χ0n) is 20.3. The van der Waals surface area contributed by atoms with Gasteiger partial charge in [0.05, 0.1) is 38.7 Å². The summed E-state index contributed by atoms with van der Waals surface area (Å²) in [6, 6.07) is 12.3. The van der Waals surface area contributed by atoms with Gasteiger partial charge in [-0.1, -0.05) is 29.8 Å². The highest BCUT2D eigenvalue weighted by molar-refractivity contribution is 6.00. The second-order valence-electron chi connectivity index (χ2n) is 8.66. The maximum absolute atomic E-state index is 13.2. The molecule has 0 saturated carbocycles. The van der Waals surface area contributed by atoms with Crippen LogP contribution in [0.4, 0.5) is 5.69 Å². The summed E-state index contributed by atoms with van der Waals surface area (Å²) in [5.74, 6) is -0.312. The van der Waals surface area contributed by atoms with E-state index in [-0.39, 0.29) is 37.3 Å². The molecule has 34 heavy (non-hydrogen) atoms. The average molecular weight is 469 g/mol. The maximum Gasteiger partial charge on any atom is 0.308 e. The summed E-state index contributed by atoms with van der Waals surface area (Å²) in [5, 5.41) is 2.97. The van der Waals surface area contributed by atoms with Crippen LogP contribution in [0.2, 0.25) is 0 Å². The normalized spacial score (nSPS) is 16.4. The molecule has 2 amide bonds. The van der Waals surface area contributed by atoms with Gasteiger partial charge in [-0.25, -0.2) is 0 Å². The first-order valence-corrected chi connectivity index (χ1v) is 11.3. The number of amides is 2. The highest BCUT2D eigenvalue weighted by atomic mass is 16.5. The number of rotatable bonds is 9. The fraction of sp³-hybridized carbons (Fsp3) is 0.423. The van der Waals surface area contributed by atoms with Crippen LogP contribution in [-0.4, -0.2) is 44.7 Å². The summed E-state index contributed by atoms with van der Waals surface area (Å²) < 4.78 is 15.9. The quantitative estimate of drug-likeness (QED) is 0.566. The molecule has 2 atom stereocenters. The molecule has 1 saturated heterocycles. The van der Waals surface area contributed by atoms with Crippen molar-refractivity contribution in [3.05, 3.63) is 53.6 Å². The molecule has 8 nitrogen and oxygen atoms in total. The van der Waals surface area contributed by atoms with Crippen molar-refractivity contribution in [1.29, 1.82) is 0 Å². The van der Waals surface area contributed by atoms with Crippen LogP contribution in [0.5, 0.6) is 11.5 Å². The largest absolute Gasteiger partial charge is 0.493 e. The lowest BCUT2D eigenvalue weighted by molar-refractivity contribution is -0.148. The summed E-state index contributed by atoms with van der Waals surface area (Å²) in [5.41, 5.74) is 2.51. The van der Waals surface area contributed by atoms with Gasteiger partial charge in [0.15, 0.2) is 11.5 Å². The first kappa shape index (κ1) is 25.1. The number of benzene rings is 2. The van der Waals surface area contributed by atoms with E-state index in [4.69, 9.17) is 14.2 Å². The molecule has 1 heterocycles. The Kier molecular flexibility index (Phi) is 8.15. The van der Waals surface area contributed by atoms with Crippen molar-refractivity contribution in [2.24, 2.45) is 5.92 Å². The maximum atomic E-state index is 13.2. The zero-order valence-corrected chi connectivity index (χ0v) is 20.3. The average Bonchev–Trinajstić information content (AvgIpc) is 3.19. The fourth-order valence-electron chi connectivity index (χ4n) is 3.94. The lowest BCUT2D eigenvalue weighted by Gasteiger charge is -2.22. The van der Waals surface area contributed by atoms with Crippen LogP contribution < -0.4 is 19.7 Å². The van der Waals surface area contributed by atoms with Crippen LogP contribution in [-0.2, 0) is 19.1 Å². The predicted molar refractivity (Wildman–Crippen MR) is 128 cm³/mol. The minimum atomic E-state index is -0.551. The number of carbonyl (C=O) groups is 3. The van der Waals surface area contributed by atoms with Crippen molar-refractivity contribution >= 4 is 23.5 Å². The number of nitrogens with one attached hydrogen (secondary N) is 1. The Morgan fingerprint density at radius 1 is 1.06 bits per heavy atom. The van der Waals surface area contributed by atoms with Crippen LogP contribution in [0.25, 0.3) is 0 Å². The molecule has 1 aliphatic heterocycles. The minimum absolute atomic E-state index is 0.00698. The van der Waals surface area contributed by atoms with Gasteiger partial charge < -0.3 is 24.4 Å². The Labute approximate surface area is 200 Å². The molecule has 3 rings (SSSR count). The summed E-state index contributed by atoms with van der Waals surface area (Å²) >= 11 is 0. The van der Waals surface area contributed by atoms with Crippen molar-refractivity contribution in [2.45, 2.75) is 45.8 Å². The van der Waals surface area contributed by atoms with Gasteiger partial charge in [0.2, 0.25) is 11.8 Å². The molecule has 0 aromatic heterocycles. The number of hydrogen-bond acceptors (Lipinski definition) is 6. The summed E-state index contributed by atoms with van der Waals surface area (Å²) in [7, 11) is 3.07. The number of ether oxygens (including phenoxy) is 3. The molecule has 2 aromatic rings. The van der Waals surface area contributed by atoms with Gasteiger partial charge in [-0.2, -0.15) is 0 Å². The molecule has 8 heteroatoms. The Morgan fingerprint density at radius 3 is 2.35 bits per heavy atom. The smallest absolute Gasteiger partial charge is 0.308 e. The minimum Gasteiger partial charge on any atom is -0.493 e. The van der Waals surface area contributed by atoms with E-state index in [1.165, 1.54) is 7.11 Å². The van der Waals surface area contributed by atoms with Crippen molar-refractivity contribution in [2.75, 3.05) is 25.7 Å². The Bertz CT molecular complexity index is 1030. The number of aryl methyl sites for hydroxylation is 1. The standard InChI is InChI=1S/C26H32N2O6/c1-16(2)34-25(30)14-21(18-8-6-17(3)7-9-18)27-26(31)19-12-24(29)28(15-19)20-10-11-22(32-4)23(13-20)33-5/h6-11,13,16,19,21H,12,14-15H2,1-5H3,(H,27,31). The highest BCUT2D eigenvalue weighted by Gasteiger charge is 2.36. The van der Waals surface area contributed by atoms with Gasteiger partial charge in [-0.15, -0.1) is 0 Å². The van der Waals surface area contributed by atoms with E-state index in [1.807, 2.05) is 31.2 Å². The molecule has 2 unspecified atom stereocenters. The molecule has 2 aromatic carbocycles. The van der Waals surface area contributed by atoms with Gasteiger partial charge in [-0.3, -0.25) is 14.4 Å². The van der Waals surface area contributed by atoms with Crippen LogP contribution in [0.1, 0.15) is 43.9 Å². The van der Waals surface area contributed by atoms with E-state index in [9.17, 15) is 14.4 Å². The molecule has 1 fully saturated rings. The molecule has 182 valence electrons.